The molecule has 13 rings (SSSR count). The van der Waals surface area contributed by atoms with Gasteiger partial charge in [-0.15, -0.1) is 0 Å². The van der Waals surface area contributed by atoms with Gasteiger partial charge in [-0.3, -0.25) is 0 Å². The second-order valence-electron chi connectivity index (χ2n) is 16.4. The van der Waals surface area contributed by atoms with Gasteiger partial charge >= 0.3 is 0 Å². The van der Waals surface area contributed by atoms with Crippen molar-refractivity contribution >= 4 is 93.1 Å². The van der Waals surface area contributed by atoms with Crippen LogP contribution < -0.4 is 4.90 Å². The minimum absolute atomic E-state index is 0.900. The average molecular weight is 803 g/mol. The Kier molecular flexibility index (Phi) is 7.91. The summed E-state index contributed by atoms with van der Waals surface area (Å²) in [7, 11) is 0. The summed E-state index contributed by atoms with van der Waals surface area (Å²) in [6.45, 7) is 0. The van der Waals surface area contributed by atoms with E-state index in [9.17, 15) is 0 Å². The predicted molar refractivity (Wildman–Crippen MR) is 266 cm³/mol. The molecule has 0 atom stereocenters. The van der Waals surface area contributed by atoms with E-state index in [1.165, 1.54) is 54.1 Å². The van der Waals surface area contributed by atoms with Crippen molar-refractivity contribution in [3.63, 3.8) is 0 Å². The van der Waals surface area contributed by atoms with Crippen molar-refractivity contribution in [3.05, 3.63) is 231 Å². The normalized spacial score (nSPS) is 11.8. The lowest BCUT2D eigenvalue weighted by molar-refractivity contribution is 0.670. The van der Waals surface area contributed by atoms with Gasteiger partial charge in [0, 0.05) is 49.6 Å². The van der Waals surface area contributed by atoms with Gasteiger partial charge in [0.2, 0.25) is 0 Å². The Balaban J connectivity index is 1.05. The number of aromatic nitrogens is 1. The summed E-state index contributed by atoms with van der Waals surface area (Å²) in [5, 5.41) is 12.2. The lowest BCUT2D eigenvalue weighted by Gasteiger charge is -2.29. The van der Waals surface area contributed by atoms with E-state index in [1.54, 1.807) is 0 Å². The van der Waals surface area contributed by atoms with Crippen LogP contribution in [-0.4, -0.2) is 4.57 Å². The summed E-state index contributed by atoms with van der Waals surface area (Å²) >= 11 is 0. The van der Waals surface area contributed by atoms with Crippen molar-refractivity contribution in [2.75, 3.05) is 4.90 Å². The molecule has 0 aliphatic heterocycles. The fourth-order valence-electron chi connectivity index (χ4n) is 10.2. The molecule has 2 heterocycles. The molecule has 63 heavy (non-hydrogen) atoms. The molecular formula is C60H38N2O. The first-order valence-corrected chi connectivity index (χ1v) is 21.6. The summed E-state index contributed by atoms with van der Waals surface area (Å²) in [5.74, 6) is 0. The number of anilines is 3. The van der Waals surface area contributed by atoms with Crippen LogP contribution in [0, 0.1) is 0 Å². The topological polar surface area (TPSA) is 21.3 Å². The molecule has 294 valence electrons. The lowest BCUT2D eigenvalue weighted by atomic mass is 9.93. The van der Waals surface area contributed by atoms with E-state index in [0.717, 1.165) is 66.9 Å². The van der Waals surface area contributed by atoms with Crippen LogP contribution in [0.2, 0.25) is 0 Å². The molecule has 3 nitrogen and oxygen atoms in total. The fourth-order valence-corrected chi connectivity index (χ4v) is 10.2. The summed E-state index contributed by atoms with van der Waals surface area (Å²) in [5.41, 5.74) is 13.0. The molecule has 0 aliphatic rings. The van der Waals surface area contributed by atoms with Crippen LogP contribution in [0.25, 0.3) is 104 Å². The summed E-state index contributed by atoms with van der Waals surface area (Å²) < 4.78 is 8.94. The number of para-hydroxylation sites is 6. The van der Waals surface area contributed by atoms with Crippen molar-refractivity contribution < 1.29 is 4.42 Å². The van der Waals surface area contributed by atoms with E-state index in [0.29, 0.717) is 0 Å². The number of hydrogen-bond acceptors (Lipinski definition) is 2. The number of nitrogens with zero attached hydrogens (tertiary/aromatic N) is 2. The quantitative estimate of drug-likeness (QED) is 0.156. The maximum Gasteiger partial charge on any atom is 0.143 e. The monoisotopic (exact) mass is 802 g/mol. The Morgan fingerprint density at radius 2 is 0.810 bits per heavy atom. The molecule has 0 fully saturated rings. The molecule has 11 aromatic carbocycles. The summed E-state index contributed by atoms with van der Waals surface area (Å²) in [6, 6.07) is 83.6. The first kappa shape index (κ1) is 35.4. The van der Waals surface area contributed by atoms with Crippen molar-refractivity contribution in [2.45, 2.75) is 0 Å². The Morgan fingerprint density at radius 3 is 1.51 bits per heavy atom. The van der Waals surface area contributed by atoms with Crippen LogP contribution in [-0.2, 0) is 0 Å². The van der Waals surface area contributed by atoms with Crippen molar-refractivity contribution in [1.29, 1.82) is 0 Å². The second kappa shape index (κ2) is 14.1. The van der Waals surface area contributed by atoms with E-state index in [-0.39, 0.29) is 0 Å². The third-order valence-corrected chi connectivity index (χ3v) is 13.0. The summed E-state index contributed by atoms with van der Waals surface area (Å²) in [4.78, 5) is 2.44. The van der Waals surface area contributed by atoms with E-state index in [2.05, 4.69) is 228 Å². The SMILES string of the molecule is c1ccc(N(c2ccc(-c3cccc4c3oc3ccccc34)cc2)c2ccc3c4ccccc4c4ccccc4c3c2)c(-c2ccccc2-n2c3ccccc3c3ccccc32)c1. The highest BCUT2D eigenvalue weighted by Gasteiger charge is 2.22. The van der Waals surface area contributed by atoms with Crippen LogP contribution in [0.3, 0.4) is 0 Å². The Hall–Kier alpha value is -8.40. The largest absolute Gasteiger partial charge is 0.455 e. The second-order valence-corrected chi connectivity index (χ2v) is 16.4. The number of fused-ring (bicyclic) bond motifs is 12. The zero-order valence-corrected chi connectivity index (χ0v) is 34.2. The van der Waals surface area contributed by atoms with Gasteiger partial charge in [-0.1, -0.05) is 176 Å². The standard InChI is InChI=1S/C60H38N2O/c1-2-18-45-43(16-1)44-17-3-4-19-46(44)54-38-41(36-37-47(45)54)61(40-34-32-39(33-35-40)42-25-15-26-53-52-24-9-14-31-59(52)63-60(42)53)55-27-10-5-20-48(55)49-21-6-11-28-56(49)62-57-29-12-7-22-50(57)51-23-8-13-30-58(51)62/h1-38H. The van der Waals surface area contributed by atoms with E-state index < -0.39 is 0 Å². The van der Waals surface area contributed by atoms with Gasteiger partial charge in [0.15, 0.2) is 0 Å². The molecule has 13 aromatic rings. The van der Waals surface area contributed by atoms with Crippen molar-refractivity contribution in [1.82, 2.24) is 4.57 Å². The number of hydrogen-bond donors (Lipinski definition) is 0. The Morgan fingerprint density at radius 1 is 0.317 bits per heavy atom. The molecular weight excluding hydrogens is 765 g/mol. The average Bonchev–Trinajstić information content (AvgIpc) is 3.91. The molecule has 0 N–H and O–H groups in total. The van der Waals surface area contributed by atoms with Crippen LogP contribution in [0.5, 0.6) is 0 Å². The van der Waals surface area contributed by atoms with Gasteiger partial charge in [0.25, 0.3) is 0 Å². The Bertz CT molecular complexity index is 3840. The van der Waals surface area contributed by atoms with E-state index in [1.807, 2.05) is 12.1 Å². The van der Waals surface area contributed by atoms with Crippen LogP contribution >= 0.6 is 0 Å². The molecule has 0 saturated heterocycles. The highest BCUT2D eigenvalue weighted by molar-refractivity contribution is 6.26. The van der Waals surface area contributed by atoms with Crippen molar-refractivity contribution in [2.24, 2.45) is 0 Å². The Labute approximate surface area is 363 Å². The smallest absolute Gasteiger partial charge is 0.143 e. The van der Waals surface area contributed by atoms with Gasteiger partial charge in [-0.2, -0.15) is 0 Å². The molecule has 0 amide bonds. The first-order chi connectivity index (χ1) is 31.3. The maximum absolute atomic E-state index is 6.51. The minimum Gasteiger partial charge on any atom is -0.455 e. The molecule has 0 radical (unpaired) electrons. The maximum atomic E-state index is 6.51. The van der Waals surface area contributed by atoms with Crippen LogP contribution in [0.4, 0.5) is 17.1 Å². The molecule has 0 saturated carbocycles. The van der Waals surface area contributed by atoms with E-state index in [4.69, 9.17) is 4.42 Å². The van der Waals surface area contributed by atoms with Crippen LogP contribution in [0.15, 0.2) is 235 Å². The van der Waals surface area contributed by atoms with Gasteiger partial charge in [-0.05, 0) is 92.5 Å². The lowest BCUT2D eigenvalue weighted by Crippen LogP contribution is -2.11. The molecule has 0 unspecified atom stereocenters. The molecule has 3 heteroatoms. The van der Waals surface area contributed by atoms with Crippen LogP contribution in [0.1, 0.15) is 0 Å². The number of furan rings is 1. The van der Waals surface area contributed by atoms with Crippen molar-refractivity contribution in [3.8, 4) is 27.9 Å². The minimum atomic E-state index is 0.900. The van der Waals surface area contributed by atoms with Gasteiger partial charge in [-0.25, -0.2) is 0 Å². The predicted octanol–water partition coefficient (Wildman–Crippen LogP) is 16.9. The number of rotatable bonds is 6. The molecule has 0 spiro atoms. The third kappa shape index (κ3) is 5.46. The van der Waals surface area contributed by atoms with Gasteiger partial charge < -0.3 is 13.9 Å². The zero-order valence-electron chi connectivity index (χ0n) is 34.2. The summed E-state index contributed by atoms with van der Waals surface area (Å²) in [6.07, 6.45) is 0. The fraction of sp³-hybridized carbons (Fsp3) is 0. The van der Waals surface area contributed by atoms with E-state index >= 15 is 0 Å². The molecule has 0 bridgehead atoms. The first-order valence-electron chi connectivity index (χ1n) is 21.6. The molecule has 2 aromatic heterocycles. The number of benzene rings is 11. The molecule has 0 aliphatic carbocycles. The van der Waals surface area contributed by atoms with Gasteiger partial charge in [0.1, 0.15) is 11.2 Å². The highest BCUT2D eigenvalue weighted by Crippen LogP contribution is 2.46. The third-order valence-electron chi connectivity index (χ3n) is 13.0. The highest BCUT2D eigenvalue weighted by atomic mass is 16.3. The van der Waals surface area contributed by atoms with Gasteiger partial charge in [0.05, 0.1) is 22.4 Å². The zero-order chi connectivity index (χ0) is 41.4.